The van der Waals surface area contributed by atoms with Gasteiger partial charge in [-0.3, -0.25) is 4.79 Å². The van der Waals surface area contributed by atoms with E-state index >= 15 is 0 Å². The number of carboxylic acid groups (broad SMARTS) is 1. The van der Waals surface area contributed by atoms with E-state index in [1.807, 2.05) is 6.92 Å². The Kier molecular flexibility index (Phi) is 10.9. The summed E-state index contributed by atoms with van der Waals surface area (Å²) in [4.78, 5) is 13.2. The van der Waals surface area contributed by atoms with Gasteiger partial charge in [0, 0.05) is 6.61 Å². The number of fused-ring (bicyclic) bond motifs is 2. The molecule has 5 aliphatic rings. The summed E-state index contributed by atoms with van der Waals surface area (Å²) in [6.07, 6.45) is 11.7. The SMILES string of the molecule is CC[Si](CC)(CC)O[C@H]1CCC2(C)C3CC4(C)C=C(C5CC(C)(C)CC[C@@]5(C)C(=O)O)[C@@](C)(CCO)C34CC[C@H]2C1(C)O[Si](CC)(CC)CC. The molecule has 5 aliphatic carbocycles. The molecule has 50 heavy (non-hydrogen) atoms. The lowest BCUT2D eigenvalue weighted by atomic mass is 9.28. The van der Waals surface area contributed by atoms with Gasteiger partial charge in [0.15, 0.2) is 16.6 Å². The Morgan fingerprint density at radius 1 is 0.780 bits per heavy atom. The molecule has 5 rings (SSSR count). The van der Waals surface area contributed by atoms with E-state index in [9.17, 15) is 15.0 Å². The normalized spacial score (nSPS) is 44.1. The van der Waals surface area contributed by atoms with Gasteiger partial charge in [-0.25, -0.2) is 0 Å². The highest BCUT2D eigenvalue weighted by molar-refractivity contribution is 6.74. The lowest BCUT2D eigenvalue weighted by Crippen LogP contribution is -2.74. The van der Waals surface area contributed by atoms with Crippen molar-refractivity contribution in [1.29, 1.82) is 0 Å². The van der Waals surface area contributed by atoms with Gasteiger partial charge in [0.2, 0.25) is 0 Å². The largest absolute Gasteiger partial charge is 0.481 e. The molecule has 0 saturated heterocycles. The number of allylic oxidation sites excluding steroid dienone is 2. The number of aliphatic hydroxyl groups excluding tert-OH is 1. The second-order valence-electron chi connectivity index (χ2n) is 20.2. The average molecular weight is 731 g/mol. The fourth-order valence-corrected chi connectivity index (χ4v) is 20.3. The first-order chi connectivity index (χ1) is 23.2. The first-order valence-electron chi connectivity index (χ1n) is 21.2. The molecular weight excluding hydrogens is 653 g/mol. The average Bonchev–Trinajstić information content (AvgIpc) is 3.19. The van der Waals surface area contributed by atoms with Crippen molar-refractivity contribution in [1.82, 2.24) is 0 Å². The Bertz CT molecular complexity index is 1290. The molecule has 4 saturated carbocycles. The van der Waals surface area contributed by atoms with Gasteiger partial charge in [-0.15, -0.1) is 0 Å². The molecule has 0 aromatic carbocycles. The quantitative estimate of drug-likeness (QED) is 0.137. The Morgan fingerprint density at radius 3 is 1.88 bits per heavy atom. The molecular formula is C43H78O5Si2. The Hall–Kier alpha value is -0.476. The van der Waals surface area contributed by atoms with Crippen molar-refractivity contribution < 1.29 is 23.9 Å². The van der Waals surface area contributed by atoms with Crippen molar-refractivity contribution in [3.8, 4) is 0 Å². The van der Waals surface area contributed by atoms with E-state index in [1.54, 1.807) is 0 Å². The number of carboxylic acids is 1. The third-order valence-electron chi connectivity index (χ3n) is 18.1. The van der Waals surface area contributed by atoms with Crippen LogP contribution in [0.15, 0.2) is 11.6 Å². The molecule has 6 unspecified atom stereocenters. The van der Waals surface area contributed by atoms with Crippen LogP contribution in [-0.2, 0) is 13.6 Å². The van der Waals surface area contributed by atoms with Gasteiger partial charge >= 0.3 is 5.97 Å². The van der Waals surface area contributed by atoms with Crippen molar-refractivity contribution in [3.05, 3.63) is 11.6 Å². The summed E-state index contributed by atoms with van der Waals surface area (Å²) in [7, 11) is -3.85. The zero-order valence-electron chi connectivity index (χ0n) is 34.8. The summed E-state index contributed by atoms with van der Waals surface area (Å²) < 4.78 is 15.5. The molecule has 7 heteroatoms. The highest BCUT2D eigenvalue weighted by Crippen LogP contribution is 2.86. The van der Waals surface area contributed by atoms with E-state index in [1.165, 1.54) is 5.57 Å². The molecule has 0 aromatic heterocycles. The summed E-state index contributed by atoms with van der Waals surface area (Å²) in [6.45, 7) is 31.2. The van der Waals surface area contributed by atoms with Crippen molar-refractivity contribution in [2.45, 2.75) is 196 Å². The van der Waals surface area contributed by atoms with Crippen LogP contribution in [0.5, 0.6) is 0 Å². The molecule has 0 aromatic rings. The smallest absolute Gasteiger partial charge is 0.309 e. The van der Waals surface area contributed by atoms with Crippen LogP contribution in [0, 0.1) is 50.2 Å². The van der Waals surface area contributed by atoms with Crippen LogP contribution >= 0.6 is 0 Å². The van der Waals surface area contributed by atoms with Crippen LogP contribution in [0.3, 0.4) is 0 Å². The second kappa shape index (κ2) is 13.4. The standard InChI is InChI=1S/C43H78O5Si2/c1-14-49(15-2,16-3)47-35-21-22-40(11)33(42(35,13)48-50(17-4,18-5)19-6)20-23-43-34(40)30-38(43,9)29-32(41(43,12)26-27-44)31-28-37(7,8)24-25-39(31,10)36(45)46/h29,31,33-35,44H,14-28,30H2,1-13H3,(H,45,46)/t31?,33-,34?,35+,38?,39-,40?,41-,42?,43?/m1/s1. The maximum absolute atomic E-state index is 13.2. The molecule has 1 spiro atoms. The van der Waals surface area contributed by atoms with Crippen LogP contribution in [-0.4, -0.2) is 51.1 Å². The van der Waals surface area contributed by atoms with Crippen LogP contribution in [0.2, 0.25) is 36.3 Å². The second-order valence-corrected chi connectivity index (χ2v) is 29.6. The van der Waals surface area contributed by atoms with Gasteiger partial charge in [0.1, 0.15) is 0 Å². The lowest BCUT2D eigenvalue weighted by Gasteiger charge is -2.77. The summed E-state index contributed by atoms with van der Waals surface area (Å²) >= 11 is 0. The molecule has 0 radical (unpaired) electrons. The molecule has 0 heterocycles. The minimum atomic E-state index is -1.98. The fourth-order valence-electron chi connectivity index (χ4n) is 14.2. The highest BCUT2D eigenvalue weighted by atomic mass is 28.4. The van der Waals surface area contributed by atoms with Gasteiger partial charge in [0.25, 0.3) is 0 Å². The van der Waals surface area contributed by atoms with E-state index in [2.05, 4.69) is 89.2 Å². The molecule has 0 bridgehead atoms. The van der Waals surface area contributed by atoms with E-state index in [0.717, 1.165) is 81.2 Å². The topological polar surface area (TPSA) is 76.0 Å². The summed E-state index contributed by atoms with van der Waals surface area (Å²) in [6, 6.07) is 6.94. The summed E-state index contributed by atoms with van der Waals surface area (Å²) in [5, 5.41) is 21.7. The molecule has 2 N–H and O–H groups in total. The van der Waals surface area contributed by atoms with Gasteiger partial charge < -0.3 is 19.1 Å². The summed E-state index contributed by atoms with van der Waals surface area (Å²) in [5.74, 6) is 0.267. The molecule has 0 aliphatic heterocycles. The molecule has 288 valence electrons. The maximum atomic E-state index is 13.2. The Labute approximate surface area is 309 Å². The number of aliphatic carboxylic acids is 1. The highest BCUT2D eigenvalue weighted by Gasteiger charge is 2.80. The first-order valence-corrected chi connectivity index (χ1v) is 26.2. The van der Waals surface area contributed by atoms with E-state index in [4.69, 9.17) is 8.85 Å². The van der Waals surface area contributed by atoms with E-state index in [0.29, 0.717) is 24.7 Å². The van der Waals surface area contributed by atoms with Crippen molar-refractivity contribution in [2.75, 3.05) is 6.61 Å². The zero-order chi connectivity index (χ0) is 37.4. The number of hydrogen-bond donors (Lipinski definition) is 2. The van der Waals surface area contributed by atoms with Crippen LogP contribution in [0.4, 0.5) is 0 Å². The van der Waals surface area contributed by atoms with Gasteiger partial charge in [-0.05, 0) is 153 Å². The molecule has 10 atom stereocenters. The Balaban J connectivity index is 1.62. The number of hydrogen-bond acceptors (Lipinski definition) is 4. The minimum absolute atomic E-state index is 0.0125. The van der Waals surface area contributed by atoms with Gasteiger partial charge in [-0.2, -0.15) is 0 Å². The number of aliphatic hydroxyl groups is 1. The van der Waals surface area contributed by atoms with Crippen LogP contribution < -0.4 is 0 Å². The fraction of sp³-hybridized carbons (Fsp3) is 0.930. The van der Waals surface area contributed by atoms with Crippen molar-refractivity contribution in [3.63, 3.8) is 0 Å². The third-order valence-corrected chi connectivity index (χ3v) is 27.4. The first kappa shape index (κ1) is 40.7. The predicted octanol–water partition coefficient (Wildman–Crippen LogP) is 11.6. The molecule has 5 nitrogen and oxygen atoms in total. The van der Waals surface area contributed by atoms with Crippen molar-refractivity contribution in [2.24, 2.45) is 50.2 Å². The van der Waals surface area contributed by atoms with Crippen LogP contribution in [0.1, 0.15) is 148 Å². The van der Waals surface area contributed by atoms with E-state index in [-0.39, 0.29) is 51.3 Å². The minimum Gasteiger partial charge on any atom is -0.481 e. The Morgan fingerprint density at radius 2 is 1.36 bits per heavy atom. The maximum Gasteiger partial charge on any atom is 0.309 e. The number of rotatable bonds is 14. The molecule has 4 fully saturated rings. The lowest BCUT2D eigenvalue weighted by molar-refractivity contribution is -0.291. The molecule has 0 amide bonds. The zero-order valence-corrected chi connectivity index (χ0v) is 36.8. The summed E-state index contributed by atoms with van der Waals surface area (Å²) in [5.41, 5.74) is 0.271. The third kappa shape index (κ3) is 5.52. The van der Waals surface area contributed by atoms with Crippen molar-refractivity contribution >= 4 is 22.6 Å². The van der Waals surface area contributed by atoms with Crippen LogP contribution in [0.25, 0.3) is 0 Å². The predicted molar refractivity (Wildman–Crippen MR) is 212 cm³/mol. The van der Waals surface area contributed by atoms with Gasteiger partial charge in [0.05, 0.1) is 17.1 Å². The van der Waals surface area contributed by atoms with Gasteiger partial charge in [-0.1, -0.05) is 87.8 Å². The van der Waals surface area contributed by atoms with E-state index < -0.39 is 28.0 Å². The number of carbonyl (C=O) groups is 1. The monoisotopic (exact) mass is 731 g/mol.